The first-order valence-corrected chi connectivity index (χ1v) is 18.5. The fourth-order valence-corrected chi connectivity index (χ4v) is 10.3. The molecule has 3 heteroatoms. The zero-order valence-electron chi connectivity index (χ0n) is 17.8. The second-order valence-corrected chi connectivity index (χ2v) is 17.1. The van der Waals surface area contributed by atoms with Crippen LogP contribution in [0.1, 0.15) is 47.5 Å². The molecule has 3 aromatic rings. The Hall–Kier alpha value is -1.14. The topological polar surface area (TPSA) is 0 Å². The van der Waals surface area contributed by atoms with Gasteiger partial charge in [-0.3, -0.25) is 0 Å². The van der Waals surface area contributed by atoms with Crippen molar-refractivity contribution in [2.75, 3.05) is 0 Å². The van der Waals surface area contributed by atoms with Crippen LogP contribution in [0.25, 0.3) is 28.3 Å². The molecule has 0 saturated carbocycles. The third-order valence-corrected chi connectivity index (χ3v) is 11.2. The first-order chi connectivity index (χ1) is 14.5. The Morgan fingerprint density at radius 3 is 2.17 bits per heavy atom. The molecule has 0 amide bonds. The number of halogens is 2. The summed E-state index contributed by atoms with van der Waals surface area (Å²) in [4.78, 5) is 0. The zero-order chi connectivity index (χ0) is 21.3. The molecule has 0 spiro atoms. The van der Waals surface area contributed by atoms with Gasteiger partial charge in [-0.1, -0.05) is 0 Å². The molecular formula is C27H27Cl2Zr. The van der Waals surface area contributed by atoms with Crippen LogP contribution in [0.3, 0.4) is 0 Å². The van der Waals surface area contributed by atoms with E-state index in [-0.39, 0.29) is 3.63 Å². The molecule has 0 fully saturated rings. The van der Waals surface area contributed by atoms with Gasteiger partial charge in [-0.25, -0.2) is 0 Å². The van der Waals surface area contributed by atoms with Gasteiger partial charge in [0.05, 0.1) is 0 Å². The van der Waals surface area contributed by atoms with Gasteiger partial charge < -0.3 is 0 Å². The second-order valence-electron chi connectivity index (χ2n) is 8.29. The van der Waals surface area contributed by atoms with Crippen LogP contribution in [-0.4, -0.2) is 0 Å². The van der Waals surface area contributed by atoms with Crippen LogP contribution in [0, 0.1) is 5.92 Å². The first-order valence-electron chi connectivity index (χ1n) is 10.7. The Bertz CT molecular complexity index is 1070. The number of allylic oxidation sites excluding steroid dienone is 1. The van der Waals surface area contributed by atoms with Crippen molar-refractivity contribution in [3.05, 3.63) is 89.0 Å². The normalized spacial score (nSPS) is 15.3. The summed E-state index contributed by atoms with van der Waals surface area (Å²) in [6.07, 6.45) is 4.59. The molecule has 0 bridgehead atoms. The van der Waals surface area contributed by atoms with Crippen molar-refractivity contribution in [3.63, 3.8) is 0 Å². The number of hydrogen-bond acceptors (Lipinski definition) is 0. The Labute approximate surface area is 195 Å². The van der Waals surface area contributed by atoms with Crippen molar-refractivity contribution in [2.24, 2.45) is 5.92 Å². The number of fused-ring (bicyclic) bond motifs is 1. The minimum atomic E-state index is -2.53. The first kappa shape index (κ1) is 22.1. The summed E-state index contributed by atoms with van der Waals surface area (Å²) in [5.41, 5.74) is 10.7. The maximum absolute atomic E-state index is 6.70. The molecule has 1 atom stereocenters. The van der Waals surface area contributed by atoms with E-state index in [1.807, 2.05) is 0 Å². The summed E-state index contributed by atoms with van der Waals surface area (Å²) >= 11 is -2.53. The van der Waals surface area contributed by atoms with Gasteiger partial charge in [-0.15, -0.1) is 0 Å². The fourth-order valence-electron chi connectivity index (χ4n) is 4.63. The van der Waals surface area contributed by atoms with Crippen molar-refractivity contribution < 1.29 is 19.4 Å². The monoisotopic (exact) mass is 511 g/mol. The summed E-state index contributed by atoms with van der Waals surface area (Å²) in [5.74, 6) is 0.447. The summed E-state index contributed by atoms with van der Waals surface area (Å²) in [6, 6.07) is 24.1. The van der Waals surface area contributed by atoms with Gasteiger partial charge in [0.25, 0.3) is 0 Å². The standard InChI is InChI=1S/C27H27.2ClH.Zr/c1-4-10-21-15-16-22-17-23(19(2)3)18-26(22)27(21)25-14-9-8-13-24(25)20-11-6-5-7-12-20;;;/h5-9,11-19H,4,10H2,1-3H3;2*1H;/q;;;+2/p-2. The third-order valence-electron chi connectivity index (χ3n) is 6.01. The quantitative estimate of drug-likeness (QED) is 0.309. The van der Waals surface area contributed by atoms with E-state index < -0.39 is 19.4 Å². The van der Waals surface area contributed by atoms with Gasteiger partial charge in [0, 0.05) is 0 Å². The molecule has 0 heterocycles. The molecule has 3 aromatic carbocycles. The number of rotatable bonds is 6. The van der Waals surface area contributed by atoms with E-state index in [0.29, 0.717) is 5.92 Å². The molecule has 30 heavy (non-hydrogen) atoms. The SMILES string of the molecule is CCCc1ccc2c(c1-c1ccccc1-c1ccccc1)C=C(C(C)C)[CH]2[Zr]([Cl])[Cl]. The summed E-state index contributed by atoms with van der Waals surface area (Å²) in [7, 11) is 13.4. The molecule has 1 unspecified atom stereocenters. The average molecular weight is 514 g/mol. The summed E-state index contributed by atoms with van der Waals surface area (Å²) < 4.78 is 0.254. The van der Waals surface area contributed by atoms with E-state index >= 15 is 0 Å². The minimum absolute atomic E-state index is 0.254. The molecule has 0 aromatic heterocycles. The Morgan fingerprint density at radius 2 is 1.53 bits per heavy atom. The van der Waals surface area contributed by atoms with E-state index in [4.69, 9.17) is 17.0 Å². The Kier molecular flexibility index (Phi) is 7.03. The third kappa shape index (κ3) is 4.14. The molecule has 0 radical (unpaired) electrons. The van der Waals surface area contributed by atoms with Crippen LogP contribution >= 0.6 is 17.0 Å². The van der Waals surface area contributed by atoms with E-state index in [0.717, 1.165) is 12.8 Å². The molecule has 1 aliphatic carbocycles. The van der Waals surface area contributed by atoms with Crippen molar-refractivity contribution in [1.82, 2.24) is 0 Å². The van der Waals surface area contributed by atoms with Gasteiger partial charge in [0.2, 0.25) is 0 Å². The number of benzene rings is 3. The van der Waals surface area contributed by atoms with E-state index in [1.54, 1.807) is 0 Å². The molecule has 0 N–H and O–H groups in total. The van der Waals surface area contributed by atoms with Gasteiger partial charge in [-0.2, -0.15) is 0 Å². The van der Waals surface area contributed by atoms with Crippen molar-refractivity contribution in [3.8, 4) is 22.3 Å². The van der Waals surface area contributed by atoms with Crippen LogP contribution in [0.2, 0.25) is 0 Å². The van der Waals surface area contributed by atoms with E-state index in [2.05, 4.69) is 93.6 Å². The predicted molar refractivity (Wildman–Crippen MR) is 129 cm³/mol. The molecule has 1 aliphatic rings. The van der Waals surface area contributed by atoms with Crippen LogP contribution in [0.4, 0.5) is 0 Å². The molecule has 0 aliphatic heterocycles. The van der Waals surface area contributed by atoms with Crippen molar-refractivity contribution in [1.29, 1.82) is 0 Å². The number of hydrogen-bond donors (Lipinski definition) is 0. The zero-order valence-corrected chi connectivity index (χ0v) is 21.7. The van der Waals surface area contributed by atoms with Crippen LogP contribution in [0.15, 0.2) is 72.3 Å². The van der Waals surface area contributed by atoms with Gasteiger partial charge in [-0.05, 0) is 0 Å². The predicted octanol–water partition coefficient (Wildman–Crippen LogP) is 8.99. The van der Waals surface area contributed by atoms with Crippen molar-refractivity contribution >= 4 is 23.1 Å². The van der Waals surface area contributed by atoms with Crippen LogP contribution < -0.4 is 0 Å². The summed E-state index contributed by atoms with van der Waals surface area (Å²) in [6.45, 7) is 6.77. The average Bonchev–Trinajstić information content (AvgIpc) is 3.15. The molecular weight excluding hydrogens is 486 g/mol. The van der Waals surface area contributed by atoms with Gasteiger partial charge >= 0.3 is 197 Å². The Balaban J connectivity index is 2.01. The maximum atomic E-state index is 6.70. The second kappa shape index (κ2) is 9.56. The van der Waals surface area contributed by atoms with Crippen molar-refractivity contribution in [2.45, 2.75) is 37.2 Å². The molecule has 0 nitrogen and oxygen atoms in total. The fraction of sp³-hybridized carbons (Fsp3) is 0.259. The molecule has 0 saturated heterocycles. The molecule has 4 rings (SSSR count). The van der Waals surface area contributed by atoms with Gasteiger partial charge in [0.1, 0.15) is 0 Å². The Morgan fingerprint density at radius 1 is 0.867 bits per heavy atom. The van der Waals surface area contributed by atoms with Crippen LogP contribution in [-0.2, 0) is 25.8 Å². The van der Waals surface area contributed by atoms with E-state index in [9.17, 15) is 0 Å². The van der Waals surface area contributed by atoms with E-state index in [1.165, 1.54) is 44.5 Å². The van der Waals surface area contributed by atoms with Crippen LogP contribution in [0.5, 0.6) is 0 Å². The van der Waals surface area contributed by atoms with Gasteiger partial charge in [0.15, 0.2) is 0 Å². The number of aryl methyl sites for hydroxylation is 1. The molecule has 153 valence electrons. The summed E-state index contributed by atoms with van der Waals surface area (Å²) in [5, 5.41) is 0.